The molecule has 0 amide bonds. The highest BCUT2D eigenvalue weighted by Gasteiger charge is 2.26. The molecule has 2 rings (SSSR count). The Morgan fingerprint density at radius 3 is 2.83 bits per heavy atom. The minimum Gasteiger partial charge on any atom is -0.370 e. The topological polar surface area (TPSA) is 37.8 Å². The van der Waals surface area contributed by atoms with Gasteiger partial charge in [-0.15, -0.1) is 11.8 Å². The Labute approximate surface area is 118 Å². The van der Waals surface area contributed by atoms with E-state index >= 15 is 0 Å². The van der Waals surface area contributed by atoms with Crippen LogP contribution in [0.15, 0.2) is 6.07 Å². The third-order valence-electron chi connectivity index (χ3n) is 2.87. The molecule has 1 saturated heterocycles. The summed E-state index contributed by atoms with van der Waals surface area (Å²) in [6.07, 6.45) is 1.11. The number of nitrogens with one attached hydrogen (secondary N) is 1. The van der Waals surface area contributed by atoms with Crippen LogP contribution in [0.4, 0.5) is 5.82 Å². The van der Waals surface area contributed by atoms with Crippen molar-refractivity contribution in [3.63, 3.8) is 0 Å². The maximum Gasteiger partial charge on any atom is 0.145 e. The third kappa shape index (κ3) is 3.54. The van der Waals surface area contributed by atoms with E-state index in [4.69, 9.17) is 0 Å². The monoisotopic (exact) mass is 283 g/mol. The molecular formula is C13H21N3S2. The molecule has 2 atom stereocenters. The second-order valence-electron chi connectivity index (χ2n) is 4.55. The van der Waals surface area contributed by atoms with Gasteiger partial charge in [0.1, 0.15) is 11.6 Å². The smallest absolute Gasteiger partial charge is 0.145 e. The molecule has 1 fully saturated rings. The molecule has 1 aliphatic rings. The highest BCUT2D eigenvalue weighted by molar-refractivity contribution is 8.06. The molecule has 0 radical (unpaired) electrons. The van der Waals surface area contributed by atoms with E-state index in [0.717, 1.165) is 30.3 Å². The van der Waals surface area contributed by atoms with E-state index in [9.17, 15) is 0 Å². The number of rotatable bonds is 4. The van der Waals surface area contributed by atoms with Gasteiger partial charge < -0.3 is 5.32 Å². The molecule has 1 N–H and O–H groups in total. The normalized spacial score (nSPS) is 23.9. The van der Waals surface area contributed by atoms with Crippen molar-refractivity contribution in [1.82, 2.24) is 9.97 Å². The van der Waals surface area contributed by atoms with Crippen molar-refractivity contribution < 1.29 is 0 Å². The molecule has 2 heterocycles. The first-order chi connectivity index (χ1) is 8.70. The lowest BCUT2D eigenvalue weighted by Gasteiger charge is -2.27. The minimum absolute atomic E-state index is 0.436. The van der Waals surface area contributed by atoms with Gasteiger partial charge in [-0.2, -0.15) is 11.8 Å². The van der Waals surface area contributed by atoms with Gasteiger partial charge in [0.05, 0.1) is 5.25 Å². The molecule has 18 heavy (non-hydrogen) atoms. The maximum absolute atomic E-state index is 4.69. The molecule has 1 aromatic heterocycles. The van der Waals surface area contributed by atoms with E-state index in [1.165, 1.54) is 11.5 Å². The SMILES string of the molecule is CCCNc1cc(C)nc(C2SCCSC2C)n1. The van der Waals surface area contributed by atoms with Crippen molar-refractivity contribution in [2.45, 2.75) is 37.7 Å². The number of anilines is 1. The maximum atomic E-state index is 4.69. The summed E-state index contributed by atoms with van der Waals surface area (Å²) in [5, 5.41) is 4.40. The zero-order valence-electron chi connectivity index (χ0n) is 11.3. The second-order valence-corrected chi connectivity index (χ2v) is 7.28. The van der Waals surface area contributed by atoms with Gasteiger partial charge in [0.25, 0.3) is 0 Å². The Hall–Kier alpha value is -0.420. The summed E-state index contributed by atoms with van der Waals surface area (Å²) in [5.74, 6) is 4.42. The van der Waals surface area contributed by atoms with Crippen LogP contribution in [-0.4, -0.2) is 33.3 Å². The quantitative estimate of drug-likeness (QED) is 0.915. The van der Waals surface area contributed by atoms with E-state index in [1.807, 2.05) is 36.5 Å². The van der Waals surface area contributed by atoms with Crippen LogP contribution in [0.2, 0.25) is 0 Å². The van der Waals surface area contributed by atoms with Crippen molar-refractivity contribution in [2.75, 3.05) is 23.4 Å². The van der Waals surface area contributed by atoms with Crippen molar-refractivity contribution in [1.29, 1.82) is 0 Å². The standard InChI is InChI=1S/C13H21N3S2/c1-4-5-14-11-8-9(2)15-13(16-11)12-10(3)17-6-7-18-12/h8,10,12H,4-7H2,1-3H3,(H,14,15,16). The fraction of sp³-hybridized carbons (Fsp3) is 0.692. The highest BCUT2D eigenvalue weighted by Crippen LogP contribution is 2.41. The van der Waals surface area contributed by atoms with Gasteiger partial charge in [0, 0.05) is 35.1 Å². The van der Waals surface area contributed by atoms with Crippen molar-refractivity contribution >= 4 is 29.3 Å². The van der Waals surface area contributed by atoms with Crippen LogP contribution in [-0.2, 0) is 0 Å². The van der Waals surface area contributed by atoms with Crippen molar-refractivity contribution in [2.24, 2.45) is 0 Å². The van der Waals surface area contributed by atoms with Crippen LogP contribution < -0.4 is 5.32 Å². The van der Waals surface area contributed by atoms with Crippen LogP contribution in [0.25, 0.3) is 0 Å². The van der Waals surface area contributed by atoms with Gasteiger partial charge in [-0.25, -0.2) is 9.97 Å². The molecule has 1 aliphatic heterocycles. The lowest BCUT2D eigenvalue weighted by Crippen LogP contribution is -2.19. The number of aromatic nitrogens is 2. The fourth-order valence-corrected chi connectivity index (χ4v) is 4.67. The van der Waals surface area contributed by atoms with Crippen LogP contribution in [0.3, 0.4) is 0 Å². The Balaban J connectivity index is 2.18. The Morgan fingerprint density at radius 2 is 2.11 bits per heavy atom. The third-order valence-corrected chi connectivity index (χ3v) is 5.96. The van der Waals surface area contributed by atoms with Gasteiger partial charge in [0.2, 0.25) is 0 Å². The fourth-order valence-electron chi connectivity index (χ4n) is 1.98. The van der Waals surface area contributed by atoms with E-state index in [1.54, 1.807) is 0 Å². The van der Waals surface area contributed by atoms with Gasteiger partial charge in [-0.1, -0.05) is 13.8 Å². The summed E-state index contributed by atoms with van der Waals surface area (Å²) in [5.41, 5.74) is 1.06. The molecular weight excluding hydrogens is 262 g/mol. The summed E-state index contributed by atoms with van der Waals surface area (Å²) >= 11 is 4.02. The molecule has 5 heteroatoms. The summed E-state index contributed by atoms with van der Waals surface area (Å²) in [6, 6.07) is 2.03. The highest BCUT2D eigenvalue weighted by atomic mass is 32.2. The van der Waals surface area contributed by atoms with E-state index in [-0.39, 0.29) is 0 Å². The van der Waals surface area contributed by atoms with Crippen LogP contribution in [0, 0.1) is 6.92 Å². The first-order valence-electron chi connectivity index (χ1n) is 6.53. The average Bonchev–Trinajstić information content (AvgIpc) is 2.36. The molecule has 100 valence electrons. The van der Waals surface area contributed by atoms with Gasteiger partial charge in [-0.05, 0) is 13.3 Å². The lowest BCUT2D eigenvalue weighted by molar-refractivity contribution is 0.812. The zero-order chi connectivity index (χ0) is 13.0. The second kappa shape index (κ2) is 6.66. The number of hydrogen-bond donors (Lipinski definition) is 1. The van der Waals surface area contributed by atoms with Gasteiger partial charge in [-0.3, -0.25) is 0 Å². The lowest BCUT2D eigenvalue weighted by atomic mass is 10.3. The Kier molecular flexibility index (Phi) is 5.18. The van der Waals surface area contributed by atoms with Crippen LogP contribution >= 0.6 is 23.5 Å². The molecule has 0 saturated carbocycles. The zero-order valence-corrected chi connectivity index (χ0v) is 12.9. The number of nitrogens with zero attached hydrogens (tertiary/aromatic N) is 2. The predicted molar refractivity (Wildman–Crippen MR) is 82.7 cm³/mol. The molecule has 3 nitrogen and oxygen atoms in total. The van der Waals surface area contributed by atoms with E-state index in [0.29, 0.717) is 10.5 Å². The number of aryl methyl sites for hydroxylation is 1. The van der Waals surface area contributed by atoms with E-state index < -0.39 is 0 Å². The van der Waals surface area contributed by atoms with Gasteiger partial charge >= 0.3 is 0 Å². The van der Waals surface area contributed by atoms with Gasteiger partial charge in [0.15, 0.2) is 0 Å². The van der Waals surface area contributed by atoms with Crippen LogP contribution in [0.5, 0.6) is 0 Å². The first-order valence-corrected chi connectivity index (χ1v) is 8.63. The largest absolute Gasteiger partial charge is 0.370 e. The average molecular weight is 283 g/mol. The number of hydrogen-bond acceptors (Lipinski definition) is 5. The predicted octanol–water partition coefficient (Wildman–Crippen LogP) is 3.52. The van der Waals surface area contributed by atoms with Crippen LogP contribution in [0.1, 0.15) is 37.0 Å². The first kappa shape index (κ1) is 14.0. The molecule has 0 bridgehead atoms. The van der Waals surface area contributed by atoms with E-state index in [2.05, 4.69) is 29.1 Å². The van der Waals surface area contributed by atoms with Crippen molar-refractivity contribution in [3.8, 4) is 0 Å². The summed E-state index contributed by atoms with van der Waals surface area (Å²) < 4.78 is 0. The summed E-state index contributed by atoms with van der Waals surface area (Å²) in [4.78, 5) is 9.32. The molecule has 0 aliphatic carbocycles. The number of thioether (sulfide) groups is 2. The Morgan fingerprint density at radius 1 is 1.33 bits per heavy atom. The summed E-state index contributed by atoms with van der Waals surface area (Å²) in [7, 11) is 0. The molecule has 1 aromatic rings. The van der Waals surface area contributed by atoms with Crippen molar-refractivity contribution in [3.05, 3.63) is 17.6 Å². The Bertz CT molecular complexity index is 398. The molecule has 0 aromatic carbocycles. The summed E-state index contributed by atoms with van der Waals surface area (Å²) in [6.45, 7) is 7.47. The minimum atomic E-state index is 0.436. The molecule has 2 unspecified atom stereocenters. The molecule has 0 spiro atoms.